The van der Waals surface area contributed by atoms with Crippen molar-refractivity contribution >= 4 is 34.0 Å². The van der Waals surface area contributed by atoms with Crippen LogP contribution in [0.2, 0.25) is 0 Å². The van der Waals surface area contributed by atoms with Crippen LogP contribution in [0.15, 0.2) is 30.5 Å². The number of rotatable bonds is 4. The maximum absolute atomic E-state index is 6.22. The van der Waals surface area contributed by atoms with Crippen molar-refractivity contribution in [2.45, 2.75) is 0 Å². The van der Waals surface area contributed by atoms with Crippen LogP contribution in [0, 0.1) is 0 Å². The predicted octanol–water partition coefficient (Wildman–Crippen LogP) is 2.28. The lowest BCUT2D eigenvalue weighted by Gasteiger charge is -2.26. The van der Waals surface area contributed by atoms with Gasteiger partial charge >= 0.3 is 0 Å². The fourth-order valence-corrected chi connectivity index (χ4v) is 3.48. The lowest BCUT2D eigenvalue weighted by atomic mass is 10.1. The minimum absolute atomic E-state index is 0.796. The van der Waals surface area contributed by atoms with Crippen molar-refractivity contribution in [2.75, 3.05) is 48.7 Å². The summed E-state index contributed by atoms with van der Waals surface area (Å²) in [6.07, 6.45) is 1.79. The van der Waals surface area contributed by atoms with Crippen molar-refractivity contribution in [3.8, 4) is 0 Å². The van der Waals surface area contributed by atoms with Gasteiger partial charge in [0.15, 0.2) is 0 Å². The van der Waals surface area contributed by atoms with Crippen LogP contribution in [-0.2, 0) is 0 Å². The van der Waals surface area contributed by atoms with Crippen LogP contribution in [0.1, 0.15) is 0 Å². The Hall–Kier alpha value is -1.46. The first kappa shape index (κ1) is 13.5. The molecule has 106 valence electrons. The number of nitrogens with zero attached hydrogens (tertiary/aromatic N) is 2. The normalized spacial score (nSPS) is 16.4. The van der Waals surface area contributed by atoms with Crippen molar-refractivity contribution in [1.82, 2.24) is 9.88 Å². The van der Waals surface area contributed by atoms with Gasteiger partial charge in [-0.05, 0) is 24.3 Å². The minimum atomic E-state index is 0.796. The number of thioether (sulfide) groups is 1. The molecule has 2 aromatic rings. The quantitative estimate of drug-likeness (QED) is 0.845. The Balaban J connectivity index is 1.63. The van der Waals surface area contributed by atoms with E-state index in [0.717, 1.165) is 35.4 Å². The van der Waals surface area contributed by atoms with E-state index >= 15 is 0 Å². The van der Waals surface area contributed by atoms with Crippen molar-refractivity contribution in [2.24, 2.45) is 0 Å². The Bertz CT molecular complexity index is 581. The Kier molecular flexibility index (Phi) is 4.28. The van der Waals surface area contributed by atoms with Crippen molar-refractivity contribution in [1.29, 1.82) is 0 Å². The molecule has 1 saturated heterocycles. The number of hydrogen-bond acceptors (Lipinski definition) is 5. The van der Waals surface area contributed by atoms with Crippen molar-refractivity contribution in [3.05, 3.63) is 30.5 Å². The van der Waals surface area contributed by atoms with Gasteiger partial charge in [0.05, 0.1) is 16.9 Å². The number of nitrogens with two attached hydrogens (primary N) is 1. The predicted molar refractivity (Wildman–Crippen MR) is 88.4 cm³/mol. The van der Waals surface area contributed by atoms with Crippen LogP contribution >= 0.6 is 11.8 Å². The molecule has 1 aliphatic rings. The third-order valence-electron chi connectivity index (χ3n) is 3.67. The average molecular weight is 288 g/mol. The highest BCUT2D eigenvalue weighted by molar-refractivity contribution is 7.99. The SMILES string of the molecule is Nc1c(NCCN2CCSCC2)ccc2ncccc12. The minimum Gasteiger partial charge on any atom is -0.397 e. The van der Waals surface area contributed by atoms with E-state index in [9.17, 15) is 0 Å². The zero-order valence-corrected chi connectivity index (χ0v) is 12.3. The molecule has 4 nitrogen and oxygen atoms in total. The van der Waals surface area contributed by atoms with Gasteiger partial charge in [-0.25, -0.2) is 0 Å². The Morgan fingerprint density at radius 1 is 1.25 bits per heavy atom. The van der Waals surface area contributed by atoms with Crippen LogP contribution in [-0.4, -0.2) is 47.6 Å². The number of nitrogen functional groups attached to an aromatic ring is 1. The van der Waals surface area contributed by atoms with E-state index < -0.39 is 0 Å². The molecule has 1 fully saturated rings. The largest absolute Gasteiger partial charge is 0.397 e. The maximum atomic E-state index is 6.22. The van der Waals surface area contributed by atoms with E-state index in [2.05, 4.69) is 15.2 Å². The first-order valence-corrected chi connectivity index (χ1v) is 8.17. The summed E-state index contributed by atoms with van der Waals surface area (Å²) in [6, 6.07) is 7.99. The summed E-state index contributed by atoms with van der Waals surface area (Å²) in [6.45, 7) is 4.40. The number of fused-ring (bicyclic) bond motifs is 1. The molecular formula is C15H20N4S. The molecule has 0 atom stereocenters. The third-order valence-corrected chi connectivity index (χ3v) is 4.62. The summed E-state index contributed by atoms with van der Waals surface area (Å²) >= 11 is 2.04. The molecule has 1 aliphatic heterocycles. The number of anilines is 2. The third kappa shape index (κ3) is 2.99. The van der Waals surface area contributed by atoms with Crippen LogP contribution < -0.4 is 11.1 Å². The Morgan fingerprint density at radius 2 is 2.10 bits per heavy atom. The number of hydrogen-bond donors (Lipinski definition) is 2. The highest BCUT2D eigenvalue weighted by Crippen LogP contribution is 2.27. The standard InChI is InChI=1S/C15H20N4S/c16-15-12-2-1-5-17-13(12)3-4-14(15)18-6-7-19-8-10-20-11-9-19/h1-5,18H,6-11,16H2. The molecule has 1 aromatic heterocycles. The summed E-state index contributed by atoms with van der Waals surface area (Å²) in [4.78, 5) is 6.82. The summed E-state index contributed by atoms with van der Waals surface area (Å²) in [5.74, 6) is 2.51. The zero-order valence-electron chi connectivity index (χ0n) is 11.5. The summed E-state index contributed by atoms with van der Waals surface area (Å²) in [7, 11) is 0. The number of aromatic nitrogens is 1. The van der Waals surface area contributed by atoms with E-state index in [0.29, 0.717) is 0 Å². The van der Waals surface area contributed by atoms with E-state index in [1.54, 1.807) is 6.20 Å². The number of pyridine rings is 1. The molecule has 0 radical (unpaired) electrons. The van der Waals surface area contributed by atoms with E-state index in [4.69, 9.17) is 5.73 Å². The van der Waals surface area contributed by atoms with Crippen LogP contribution in [0.4, 0.5) is 11.4 Å². The summed E-state index contributed by atoms with van der Waals surface area (Å²) in [5.41, 5.74) is 8.97. The van der Waals surface area contributed by atoms with Gasteiger partial charge in [0, 0.05) is 49.3 Å². The van der Waals surface area contributed by atoms with Crippen molar-refractivity contribution in [3.63, 3.8) is 0 Å². The summed E-state index contributed by atoms with van der Waals surface area (Å²) in [5, 5.41) is 4.47. The first-order valence-electron chi connectivity index (χ1n) is 7.02. The molecule has 20 heavy (non-hydrogen) atoms. The van der Waals surface area contributed by atoms with Gasteiger partial charge in [-0.3, -0.25) is 9.88 Å². The topological polar surface area (TPSA) is 54.2 Å². The molecule has 0 aliphatic carbocycles. The molecular weight excluding hydrogens is 268 g/mol. The van der Waals surface area contributed by atoms with Gasteiger partial charge < -0.3 is 11.1 Å². The average Bonchev–Trinajstić information content (AvgIpc) is 2.51. The van der Waals surface area contributed by atoms with Gasteiger partial charge in [0.1, 0.15) is 0 Å². The molecule has 0 spiro atoms. The van der Waals surface area contributed by atoms with E-state index in [1.807, 2.05) is 36.0 Å². The monoisotopic (exact) mass is 288 g/mol. The second-order valence-electron chi connectivity index (χ2n) is 4.98. The van der Waals surface area contributed by atoms with Crippen molar-refractivity contribution < 1.29 is 0 Å². The fourth-order valence-electron chi connectivity index (χ4n) is 2.50. The summed E-state index contributed by atoms with van der Waals surface area (Å²) < 4.78 is 0. The molecule has 0 unspecified atom stereocenters. The van der Waals surface area contributed by atoms with E-state index in [1.165, 1.54) is 24.6 Å². The zero-order chi connectivity index (χ0) is 13.8. The second kappa shape index (κ2) is 6.33. The number of nitrogens with one attached hydrogen (secondary N) is 1. The molecule has 3 N–H and O–H groups in total. The first-order chi connectivity index (χ1) is 9.84. The van der Waals surface area contributed by atoms with Crippen LogP contribution in [0.25, 0.3) is 10.9 Å². The Labute approximate surface area is 123 Å². The highest BCUT2D eigenvalue weighted by atomic mass is 32.2. The molecule has 0 saturated carbocycles. The maximum Gasteiger partial charge on any atom is 0.0724 e. The van der Waals surface area contributed by atoms with Crippen LogP contribution in [0.3, 0.4) is 0 Å². The van der Waals surface area contributed by atoms with Gasteiger partial charge in [-0.1, -0.05) is 0 Å². The lowest BCUT2D eigenvalue weighted by Crippen LogP contribution is -2.36. The second-order valence-corrected chi connectivity index (χ2v) is 6.20. The lowest BCUT2D eigenvalue weighted by molar-refractivity contribution is 0.314. The Morgan fingerprint density at radius 3 is 2.95 bits per heavy atom. The van der Waals surface area contributed by atoms with E-state index in [-0.39, 0.29) is 0 Å². The molecule has 3 rings (SSSR count). The number of benzene rings is 1. The van der Waals surface area contributed by atoms with Gasteiger partial charge in [0.2, 0.25) is 0 Å². The molecule has 1 aromatic carbocycles. The molecule has 2 heterocycles. The van der Waals surface area contributed by atoms with Gasteiger partial charge in [-0.15, -0.1) is 0 Å². The highest BCUT2D eigenvalue weighted by Gasteiger charge is 2.10. The van der Waals surface area contributed by atoms with Gasteiger partial charge in [-0.2, -0.15) is 11.8 Å². The van der Waals surface area contributed by atoms with Gasteiger partial charge in [0.25, 0.3) is 0 Å². The van der Waals surface area contributed by atoms with Crippen LogP contribution in [0.5, 0.6) is 0 Å². The smallest absolute Gasteiger partial charge is 0.0724 e. The molecule has 0 amide bonds. The fraction of sp³-hybridized carbons (Fsp3) is 0.400. The molecule has 0 bridgehead atoms. The molecule has 5 heteroatoms.